The van der Waals surface area contributed by atoms with Gasteiger partial charge in [0.05, 0.1) is 0 Å². The van der Waals surface area contributed by atoms with Gasteiger partial charge in [-0.25, -0.2) is 0 Å². The van der Waals surface area contributed by atoms with Crippen molar-refractivity contribution < 1.29 is 0 Å². The highest BCUT2D eigenvalue weighted by atomic mass is 14.6. The summed E-state index contributed by atoms with van der Waals surface area (Å²) in [6.07, 6.45) is 11.0. The summed E-state index contributed by atoms with van der Waals surface area (Å²) in [5.41, 5.74) is 0.771. The molecule has 0 heteroatoms. The van der Waals surface area contributed by atoms with E-state index < -0.39 is 0 Å². The van der Waals surface area contributed by atoms with E-state index in [1.54, 1.807) is 32.1 Å². The van der Waals surface area contributed by atoms with Crippen LogP contribution < -0.4 is 0 Å². The van der Waals surface area contributed by atoms with E-state index in [2.05, 4.69) is 27.7 Å². The van der Waals surface area contributed by atoms with E-state index in [0.717, 1.165) is 40.9 Å². The largest absolute Gasteiger partial charge is 0.0628 e. The number of hydrogen-bond acceptors (Lipinski definition) is 0. The van der Waals surface area contributed by atoms with Gasteiger partial charge in [-0.1, -0.05) is 27.7 Å². The smallest absolute Gasteiger partial charge is 0.0259 e. The second-order valence-electron chi connectivity index (χ2n) is 8.80. The molecule has 4 bridgehead atoms. The van der Waals surface area contributed by atoms with Gasteiger partial charge in [-0.15, -0.1) is 0 Å². The molecule has 4 aliphatic rings. The normalized spacial score (nSPS) is 46.3. The molecule has 0 aliphatic heterocycles. The van der Waals surface area contributed by atoms with Crippen LogP contribution in [0, 0.1) is 40.9 Å². The third-order valence-electron chi connectivity index (χ3n) is 6.22. The Balaban J connectivity index is 1.85. The average molecular weight is 248 g/mol. The zero-order valence-corrected chi connectivity index (χ0v) is 12.9. The Kier molecular flexibility index (Phi) is 3.27. The summed E-state index contributed by atoms with van der Waals surface area (Å²) in [5, 5.41) is 0. The third-order valence-corrected chi connectivity index (χ3v) is 6.22. The summed E-state index contributed by atoms with van der Waals surface area (Å²) in [6.45, 7) is 9.78. The quantitative estimate of drug-likeness (QED) is 0.614. The molecule has 0 nitrogen and oxygen atoms in total. The SMILES string of the molecule is CC(C)CC1C2CC3CC(C2)CC1(CC(C)C)C3. The van der Waals surface area contributed by atoms with Crippen LogP contribution in [0.2, 0.25) is 0 Å². The van der Waals surface area contributed by atoms with Crippen molar-refractivity contribution in [3.05, 3.63) is 0 Å². The Morgan fingerprint density at radius 3 is 2.00 bits per heavy atom. The average Bonchev–Trinajstić information content (AvgIpc) is 2.20. The van der Waals surface area contributed by atoms with E-state index in [-0.39, 0.29) is 0 Å². The molecule has 0 radical (unpaired) electrons. The lowest BCUT2D eigenvalue weighted by atomic mass is 9.43. The lowest BCUT2D eigenvalue weighted by Crippen LogP contribution is -2.53. The maximum absolute atomic E-state index is 2.45. The molecule has 4 rings (SSSR count). The van der Waals surface area contributed by atoms with Gasteiger partial charge in [-0.05, 0) is 85.9 Å². The summed E-state index contributed by atoms with van der Waals surface area (Å²) in [5.74, 6) is 6.21. The van der Waals surface area contributed by atoms with E-state index in [1.165, 1.54) is 12.8 Å². The molecule has 0 amide bonds. The van der Waals surface area contributed by atoms with Crippen LogP contribution in [0.25, 0.3) is 0 Å². The summed E-state index contributed by atoms with van der Waals surface area (Å²) in [6, 6.07) is 0. The van der Waals surface area contributed by atoms with Crippen molar-refractivity contribution in [2.45, 2.75) is 72.6 Å². The molecule has 0 aromatic heterocycles. The van der Waals surface area contributed by atoms with Gasteiger partial charge in [0, 0.05) is 0 Å². The minimum atomic E-state index is 0.771. The summed E-state index contributed by atoms with van der Waals surface area (Å²) >= 11 is 0. The van der Waals surface area contributed by atoms with Gasteiger partial charge in [0.15, 0.2) is 0 Å². The van der Waals surface area contributed by atoms with Crippen molar-refractivity contribution in [2.75, 3.05) is 0 Å². The van der Waals surface area contributed by atoms with Gasteiger partial charge < -0.3 is 0 Å². The third kappa shape index (κ3) is 2.14. The molecule has 4 aliphatic carbocycles. The molecule has 0 aromatic rings. The Morgan fingerprint density at radius 1 is 0.889 bits per heavy atom. The Hall–Kier alpha value is 0. The van der Waals surface area contributed by atoms with E-state index in [4.69, 9.17) is 0 Å². The Morgan fingerprint density at radius 2 is 1.50 bits per heavy atom. The Bertz CT molecular complexity index is 282. The van der Waals surface area contributed by atoms with Crippen LogP contribution in [0.5, 0.6) is 0 Å². The molecule has 3 atom stereocenters. The van der Waals surface area contributed by atoms with Crippen LogP contribution >= 0.6 is 0 Å². The molecule has 3 unspecified atom stereocenters. The summed E-state index contributed by atoms with van der Waals surface area (Å²) in [7, 11) is 0. The number of rotatable bonds is 4. The van der Waals surface area contributed by atoms with Crippen molar-refractivity contribution in [3.63, 3.8) is 0 Å². The van der Waals surface area contributed by atoms with Gasteiger partial charge in [0.25, 0.3) is 0 Å². The van der Waals surface area contributed by atoms with E-state index in [9.17, 15) is 0 Å². The molecule has 0 saturated heterocycles. The Labute approximate surface area is 114 Å². The van der Waals surface area contributed by atoms with Crippen molar-refractivity contribution in [2.24, 2.45) is 40.9 Å². The van der Waals surface area contributed by atoms with Gasteiger partial charge in [-0.3, -0.25) is 0 Å². The zero-order valence-electron chi connectivity index (χ0n) is 12.9. The molecule has 0 heterocycles. The van der Waals surface area contributed by atoms with Crippen LogP contribution in [0.15, 0.2) is 0 Å². The van der Waals surface area contributed by atoms with Gasteiger partial charge in [0.2, 0.25) is 0 Å². The predicted octanol–water partition coefficient (Wildman–Crippen LogP) is 5.52. The highest BCUT2D eigenvalue weighted by molar-refractivity contribution is 5.06. The minimum Gasteiger partial charge on any atom is -0.0628 e. The first-order valence-corrected chi connectivity index (χ1v) is 8.48. The topological polar surface area (TPSA) is 0 Å². The van der Waals surface area contributed by atoms with Crippen molar-refractivity contribution in [1.29, 1.82) is 0 Å². The molecule has 104 valence electrons. The van der Waals surface area contributed by atoms with E-state index in [1.807, 2.05) is 0 Å². The second-order valence-corrected chi connectivity index (χ2v) is 8.80. The maximum Gasteiger partial charge on any atom is -0.0259 e. The van der Waals surface area contributed by atoms with Gasteiger partial charge in [0.1, 0.15) is 0 Å². The molecular formula is C18H32. The fourth-order valence-corrected chi connectivity index (χ4v) is 6.40. The lowest BCUT2D eigenvalue weighted by molar-refractivity contribution is -0.125. The highest BCUT2D eigenvalue weighted by Crippen LogP contribution is 2.66. The molecule has 18 heavy (non-hydrogen) atoms. The maximum atomic E-state index is 2.45. The van der Waals surface area contributed by atoms with Crippen LogP contribution in [0.4, 0.5) is 0 Å². The first kappa shape index (κ1) is 13.0. The van der Waals surface area contributed by atoms with Crippen LogP contribution in [0.1, 0.15) is 72.6 Å². The molecule has 0 N–H and O–H groups in total. The van der Waals surface area contributed by atoms with E-state index in [0.29, 0.717) is 0 Å². The molecule has 4 fully saturated rings. The van der Waals surface area contributed by atoms with E-state index >= 15 is 0 Å². The van der Waals surface area contributed by atoms with Crippen molar-refractivity contribution in [3.8, 4) is 0 Å². The van der Waals surface area contributed by atoms with Gasteiger partial charge >= 0.3 is 0 Å². The molecular weight excluding hydrogens is 216 g/mol. The zero-order chi connectivity index (χ0) is 12.9. The molecule has 0 spiro atoms. The lowest BCUT2D eigenvalue weighted by Gasteiger charge is -2.62. The number of hydrogen-bond donors (Lipinski definition) is 0. The van der Waals surface area contributed by atoms with Crippen molar-refractivity contribution >= 4 is 0 Å². The van der Waals surface area contributed by atoms with Crippen molar-refractivity contribution in [1.82, 2.24) is 0 Å². The highest BCUT2D eigenvalue weighted by Gasteiger charge is 2.56. The fourth-order valence-electron chi connectivity index (χ4n) is 6.40. The predicted molar refractivity (Wildman–Crippen MR) is 78.4 cm³/mol. The standard InChI is InChI=1S/C18H32/c1-12(2)5-17-16-7-14-6-15(8-16)11-18(17,10-14)9-13(3)4/h12-17H,5-11H2,1-4H3. The van der Waals surface area contributed by atoms with Crippen LogP contribution in [0.3, 0.4) is 0 Å². The first-order valence-electron chi connectivity index (χ1n) is 8.48. The second kappa shape index (κ2) is 4.53. The minimum absolute atomic E-state index is 0.771. The molecule has 4 saturated carbocycles. The fraction of sp³-hybridized carbons (Fsp3) is 1.00. The van der Waals surface area contributed by atoms with Gasteiger partial charge in [-0.2, -0.15) is 0 Å². The molecule has 0 aromatic carbocycles. The van der Waals surface area contributed by atoms with Crippen LogP contribution in [-0.2, 0) is 0 Å². The first-order chi connectivity index (χ1) is 8.48. The summed E-state index contributed by atoms with van der Waals surface area (Å²) in [4.78, 5) is 0. The summed E-state index contributed by atoms with van der Waals surface area (Å²) < 4.78 is 0. The van der Waals surface area contributed by atoms with Crippen LogP contribution in [-0.4, -0.2) is 0 Å². The monoisotopic (exact) mass is 248 g/mol.